The molecule has 0 spiro atoms. The molecule has 1 N–H and O–H groups in total. The highest BCUT2D eigenvalue weighted by atomic mass is 80.0. The molecule has 0 aliphatic rings. The SMILES string of the molecule is CC(CO)C(Br)CC(Br)(Br)Br. The van der Waals surface area contributed by atoms with Crippen LogP contribution in [0.15, 0.2) is 0 Å². The fraction of sp³-hybridized carbons (Fsp3) is 1.00. The van der Waals surface area contributed by atoms with Crippen molar-refractivity contribution in [2.75, 3.05) is 6.61 Å². The maximum absolute atomic E-state index is 8.83. The van der Waals surface area contributed by atoms with Gasteiger partial charge in [0.1, 0.15) is 2.14 Å². The van der Waals surface area contributed by atoms with Gasteiger partial charge in [0.25, 0.3) is 0 Å². The van der Waals surface area contributed by atoms with E-state index in [-0.39, 0.29) is 14.7 Å². The fourth-order valence-electron chi connectivity index (χ4n) is 0.537. The number of aliphatic hydroxyl groups is 1. The molecule has 0 saturated carbocycles. The molecule has 0 aromatic carbocycles. The Hall–Kier alpha value is 1.88. The molecular weight excluding hydrogens is 408 g/mol. The molecule has 0 aliphatic heterocycles. The van der Waals surface area contributed by atoms with Gasteiger partial charge >= 0.3 is 0 Å². The molecule has 68 valence electrons. The number of alkyl halides is 4. The zero-order chi connectivity index (χ0) is 9.07. The van der Waals surface area contributed by atoms with Gasteiger partial charge in [0.05, 0.1) is 0 Å². The minimum absolute atomic E-state index is 0.207. The zero-order valence-corrected chi connectivity index (χ0v) is 12.4. The van der Waals surface area contributed by atoms with E-state index in [9.17, 15) is 0 Å². The third-order valence-electron chi connectivity index (χ3n) is 1.33. The van der Waals surface area contributed by atoms with Crippen molar-refractivity contribution in [2.45, 2.75) is 20.3 Å². The van der Waals surface area contributed by atoms with E-state index in [1.165, 1.54) is 0 Å². The van der Waals surface area contributed by atoms with Gasteiger partial charge in [-0.1, -0.05) is 70.6 Å². The number of aliphatic hydroxyl groups excluding tert-OH is 1. The molecule has 0 rings (SSSR count). The van der Waals surface area contributed by atoms with Gasteiger partial charge in [-0.3, -0.25) is 0 Å². The van der Waals surface area contributed by atoms with Crippen molar-refractivity contribution < 1.29 is 5.11 Å². The Labute approximate surface area is 101 Å². The largest absolute Gasteiger partial charge is 0.396 e. The minimum Gasteiger partial charge on any atom is -0.396 e. The Bertz CT molecular complexity index is 112. The molecule has 2 unspecified atom stereocenters. The van der Waals surface area contributed by atoms with Crippen molar-refractivity contribution in [1.82, 2.24) is 0 Å². The molecule has 0 aromatic heterocycles. The summed E-state index contributed by atoms with van der Waals surface area (Å²) in [5, 5.41) is 8.83. The maximum Gasteiger partial charge on any atom is 0.136 e. The molecule has 0 fully saturated rings. The summed E-state index contributed by atoms with van der Waals surface area (Å²) in [7, 11) is 0. The molecule has 0 radical (unpaired) electrons. The number of hydrogen-bond acceptors (Lipinski definition) is 1. The van der Waals surface area contributed by atoms with Crippen molar-refractivity contribution in [2.24, 2.45) is 5.92 Å². The lowest BCUT2D eigenvalue weighted by Crippen LogP contribution is -2.20. The third-order valence-corrected chi connectivity index (χ3v) is 3.53. The quantitative estimate of drug-likeness (QED) is 0.696. The molecule has 0 bridgehead atoms. The van der Waals surface area contributed by atoms with Crippen LogP contribution in [0.4, 0.5) is 0 Å². The Balaban J connectivity index is 3.77. The predicted molar refractivity (Wildman–Crippen MR) is 63.1 cm³/mol. The standard InChI is InChI=1S/C6H10Br4O/c1-4(3-11)5(7)2-6(8,9)10/h4-5,11H,2-3H2,1H3. The first kappa shape index (κ1) is 12.9. The van der Waals surface area contributed by atoms with Gasteiger partial charge in [0.15, 0.2) is 0 Å². The second-order valence-corrected chi connectivity index (χ2v) is 10.9. The molecule has 0 saturated heterocycles. The summed E-state index contributed by atoms with van der Waals surface area (Å²) >= 11 is 13.7. The third kappa shape index (κ3) is 6.99. The predicted octanol–water partition coefficient (Wildman–Crippen LogP) is 3.61. The van der Waals surface area contributed by atoms with Crippen molar-refractivity contribution in [3.63, 3.8) is 0 Å². The van der Waals surface area contributed by atoms with Gasteiger partial charge in [-0.05, 0) is 12.3 Å². The average Bonchev–Trinajstić information content (AvgIpc) is 1.82. The van der Waals surface area contributed by atoms with Crippen LogP contribution in [0, 0.1) is 5.92 Å². The lowest BCUT2D eigenvalue weighted by Gasteiger charge is -2.20. The van der Waals surface area contributed by atoms with Gasteiger partial charge < -0.3 is 5.11 Å². The summed E-state index contributed by atoms with van der Waals surface area (Å²) < 4.78 is -0.218. The molecule has 0 aromatic rings. The Morgan fingerprint density at radius 3 is 2.09 bits per heavy atom. The van der Waals surface area contributed by atoms with Crippen LogP contribution in [-0.4, -0.2) is 18.7 Å². The van der Waals surface area contributed by atoms with E-state index in [1.807, 2.05) is 6.92 Å². The molecule has 11 heavy (non-hydrogen) atoms. The molecule has 0 amide bonds. The lowest BCUT2D eigenvalue weighted by molar-refractivity contribution is 0.234. The van der Waals surface area contributed by atoms with Gasteiger partial charge in [-0.25, -0.2) is 0 Å². The van der Waals surface area contributed by atoms with Crippen LogP contribution >= 0.6 is 63.7 Å². The summed E-state index contributed by atoms with van der Waals surface area (Å²) in [6.07, 6.45) is 0.856. The van der Waals surface area contributed by atoms with Crippen molar-refractivity contribution >= 4 is 63.7 Å². The summed E-state index contributed by atoms with van der Waals surface area (Å²) in [6.45, 7) is 2.21. The minimum atomic E-state index is -0.218. The highest BCUT2D eigenvalue weighted by Crippen LogP contribution is 2.40. The van der Waals surface area contributed by atoms with Crippen LogP contribution in [0.2, 0.25) is 0 Å². The summed E-state index contributed by atoms with van der Waals surface area (Å²) in [5.74, 6) is 0.266. The number of hydrogen-bond donors (Lipinski definition) is 1. The Morgan fingerprint density at radius 2 is 1.82 bits per heavy atom. The second kappa shape index (κ2) is 5.58. The number of halogens is 4. The highest BCUT2D eigenvalue weighted by molar-refractivity contribution is 9.39. The van der Waals surface area contributed by atoms with Crippen LogP contribution < -0.4 is 0 Å². The van der Waals surface area contributed by atoms with E-state index >= 15 is 0 Å². The van der Waals surface area contributed by atoms with E-state index in [0.29, 0.717) is 4.83 Å². The molecule has 0 heterocycles. The van der Waals surface area contributed by atoms with Gasteiger partial charge in [0.2, 0.25) is 0 Å². The molecule has 2 atom stereocenters. The van der Waals surface area contributed by atoms with Crippen LogP contribution in [-0.2, 0) is 0 Å². The molecule has 5 heteroatoms. The van der Waals surface area contributed by atoms with Crippen LogP contribution in [0.3, 0.4) is 0 Å². The normalized spacial score (nSPS) is 18.0. The van der Waals surface area contributed by atoms with Crippen molar-refractivity contribution in [3.8, 4) is 0 Å². The van der Waals surface area contributed by atoms with E-state index in [4.69, 9.17) is 5.11 Å². The highest BCUT2D eigenvalue weighted by Gasteiger charge is 2.25. The Kier molecular flexibility index (Phi) is 6.53. The van der Waals surface area contributed by atoms with Gasteiger partial charge in [-0.15, -0.1) is 0 Å². The fourth-order valence-corrected chi connectivity index (χ4v) is 3.54. The summed E-state index contributed by atoms with van der Waals surface area (Å²) in [6, 6.07) is 0. The molecule has 0 aliphatic carbocycles. The first-order chi connectivity index (χ1) is 4.87. The zero-order valence-electron chi connectivity index (χ0n) is 6.03. The number of rotatable bonds is 3. The van der Waals surface area contributed by atoms with Gasteiger partial charge in [0, 0.05) is 11.4 Å². The van der Waals surface area contributed by atoms with Crippen LogP contribution in [0.1, 0.15) is 13.3 Å². The molecular formula is C6H10Br4O. The summed E-state index contributed by atoms with van der Waals surface area (Å²) in [5.41, 5.74) is 0. The lowest BCUT2D eigenvalue weighted by atomic mass is 10.1. The van der Waals surface area contributed by atoms with E-state index in [1.54, 1.807) is 0 Å². The van der Waals surface area contributed by atoms with Crippen LogP contribution in [0.25, 0.3) is 0 Å². The van der Waals surface area contributed by atoms with Crippen molar-refractivity contribution in [3.05, 3.63) is 0 Å². The second-order valence-electron chi connectivity index (χ2n) is 2.50. The Morgan fingerprint density at radius 1 is 1.36 bits per heavy atom. The summed E-state index contributed by atoms with van der Waals surface area (Å²) in [4.78, 5) is 0.297. The average molecular weight is 418 g/mol. The topological polar surface area (TPSA) is 20.2 Å². The smallest absolute Gasteiger partial charge is 0.136 e. The van der Waals surface area contributed by atoms with E-state index in [2.05, 4.69) is 63.7 Å². The first-order valence-electron chi connectivity index (χ1n) is 3.18. The molecule has 1 nitrogen and oxygen atoms in total. The van der Waals surface area contributed by atoms with Crippen molar-refractivity contribution in [1.29, 1.82) is 0 Å². The van der Waals surface area contributed by atoms with E-state index < -0.39 is 0 Å². The maximum atomic E-state index is 8.83. The first-order valence-corrected chi connectivity index (χ1v) is 6.48. The monoisotopic (exact) mass is 414 g/mol. The van der Waals surface area contributed by atoms with E-state index in [0.717, 1.165) is 6.42 Å². The van der Waals surface area contributed by atoms with Crippen LogP contribution in [0.5, 0.6) is 0 Å². The van der Waals surface area contributed by atoms with Gasteiger partial charge in [-0.2, -0.15) is 0 Å².